The van der Waals surface area contributed by atoms with Crippen molar-refractivity contribution in [3.63, 3.8) is 0 Å². The summed E-state index contributed by atoms with van der Waals surface area (Å²) in [7, 11) is 1.45. The van der Waals surface area contributed by atoms with Gasteiger partial charge in [0.25, 0.3) is 5.69 Å². The van der Waals surface area contributed by atoms with Gasteiger partial charge in [0.05, 0.1) is 29.5 Å². The topological polar surface area (TPSA) is 116 Å². The number of carbonyl (C=O) groups excluding carboxylic acids is 1. The van der Waals surface area contributed by atoms with Crippen molar-refractivity contribution in [1.82, 2.24) is 9.99 Å². The van der Waals surface area contributed by atoms with E-state index in [0.29, 0.717) is 46.0 Å². The second-order valence-electron chi connectivity index (χ2n) is 8.92. The lowest BCUT2D eigenvalue weighted by Crippen LogP contribution is -2.24. The molecule has 1 aliphatic rings. The summed E-state index contributed by atoms with van der Waals surface area (Å²) in [6.07, 6.45) is -2.81. The van der Waals surface area contributed by atoms with Crippen molar-refractivity contribution in [2.45, 2.75) is 39.1 Å². The molecule has 0 aliphatic carbocycles. The van der Waals surface area contributed by atoms with Gasteiger partial charge < -0.3 is 14.2 Å². The molecule has 0 saturated heterocycles. The number of methoxy groups -OCH3 is 1. The second kappa shape index (κ2) is 11.6. The van der Waals surface area contributed by atoms with E-state index < -0.39 is 23.7 Å². The van der Waals surface area contributed by atoms with Crippen LogP contribution >= 0.6 is 0 Å². The van der Waals surface area contributed by atoms with Crippen LogP contribution in [0.3, 0.4) is 0 Å². The standard InChI is InChI=1S/C27H25F3N4O6/c1-16-22(31-10-9-24(16)40-15-27(28,29)30)14-39-25-8-7-19(12-26(25)38-3)23-13-21(32-33(23)17(2)35)18-5-4-6-20(11-18)34(36)37/h4-12,23H,13-15H2,1-3H3. The molecule has 10 nitrogen and oxygen atoms in total. The third-order valence-electron chi connectivity index (χ3n) is 6.21. The third kappa shape index (κ3) is 6.47. The van der Waals surface area contributed by atoms with Crippen LogP contribution in [0.1, 0.15) is 41.8 Å². The minimum Gasteiger partial charge on any atom is -0.493 e. The summed E-state index contributed by atoms with van der Waals surface area (Å²) < 4.78 is 53.9. The lowest BCUT2D eigenvalue weighted by molar-refractivity contribution is -0.384. The number of nitro groups is 1. The van der Waals surface area contributed by atoms with Gasteiger partial charge in [-0.2, -0.15) is 18.3 Å². The smallest absolute Gasteiger partial charge is 0.422 e. The Balaban J connectivity index is 1.52. The number of hydrogen-bond acceptors (Lipinski definition) is 8. The summed E-state index contributed by atoms with van der Waals surface area (Å²) in [6, 6.07) is 12.0. The Kier molecular flexibility index (Phi) is 8.21. The summed E-state index contributed by atoms with van der Waals surface area (Å²) in [5.74, 6) is 0.449. The molecule has 1 atom stereocenters. The highest BCUT2D eigenvalue weighted by Gasteiger charge is 2.32. The van der Waals surface area contributed by atoms with Crippen LogP contribution in [0.5, 0.6) is 17.2 Å². The minimum atomic E-state index is -4.47. The fourth-order valence-corrected chi connectivity index (χ4v) is 4.21. The van der Waals surface area contributed by atoms with Gasteiger partial charge in [-0.05, 0) is 30.7 Å². The molecule has 0 spiro atoms. The van der Waals surface area contributed by atoms with E-state index in [2.05, 4.69) is 10.1 Å². The number of hydrazone groups is 1. The van der Waals surface area contributed by atoms with Gasteiger partial charge in [-0.3, -0.25) is 19.9 Å². The average molecular weight is 559 g/mol. The molecule has 0 bridgehead atoms. The van der Waals surface area contributed by atoms with E-state index in [-0.39, 0.29) is 24.0 Å². The van der Waals surface area contributed by atoms with Gasteiger partial charge in [0.2, 0.25) is 5.91 Å². The van der Waals surface area contributed by atoms with Gasteiger partial charge in [0, 0.05) is 42.8 Å². The van der Waals surface area contributed by atoms with Gasteiger partial charge in [-0.15, -0.1) is 0 Å². The molecular formula is C27H25F3N4O6. The Hall–Kier alpha value is -4.68. The van der Waals surface area contributed by atoms with Crippen LogP contribution in [-0.4, -0.2) is 46.4 Å². The van der Waals surface area contributed by atoms with Gasteiger partial charge in [0.1, 0.15) is 12.4 Å². The molecular weight excluding hydrogens is 533 g/mol. The number of alkyl halides is 3. The number of non-ortho nitro benzene ring substituents is 1. The van der Waals surface area contributed by atoms with Crippen LogP contribution < -0.4 is 14.2 Å². The molecule has 1 aliphatic heterocycles. The average Bonchev–Trinajstić information content (AvgIpc) is 3.37. The number of rotatable bonds is 9. The lowest BCUT2D eigenvalue weighted by atomic mass is 9.98. The Bertz CT molecular complexity index is 1460. The monoisotopic (exact) mass is 558 g/mol. The molecule has 210 valence electrons. The summed E-state index contributed by atoms with van der Waals surface area (Å²) in [5, 5.41) is 17.0. The quantitative estimate of drug-likeness (QED) is 0.251. The molecule has 1 unspecified atom stereocenters. The number of carbonyl (C=O) groups is 1. The molecule has 1 aromatic heterocycles. The van der Waals surface area contributed by atoms with Gasteiger partial charge in [-0.25, -0.2) is 5.01 Å². The van der Waals surface area contributed by atoms with Gasteiger partial charge in [0.15, 0.2) is 18.1 Å². The van der Waals surface area contributed by atoms with Crippen LogP contribution in [0.2, 0.25) is 0 Å². The summed E-state index contributed by atoms with van der Waals surface area (Å²) in [6.45, 7) is 1.49. The Morgan fingerprint density at radius 2 is 1.90 bits per heavy atom. The zero-order valence-electron chi connectivity index (χ0n) is 21.8. The van der Waals surface area contributed by atoms with Crippen LogP contribution in [0, 0.1) is 17.0 Å². The number of aromatic nitrogens is 1. The van der Waals surface area contributed by atoms with Crippen molar-refractivity contribution in [1.29, 1.82) is 0 Å². The van der Waals surface area contributed by atoms with Crippen molar-refractivity contribution in [2.24, 2.45) is 5.10 Å². The highest BCUT2D eigenvalue weighted by molar-refractivity contribution is 6.03. The fraction of sp³-hybridized carbons (Fsp3) is 0.296. The predicted molar refractivity (Wildman–Crippen MR) is 137 cm³/mol. The SMILES string of the molecule is COc1cc(C2CC(c3cccc([N+](=O)[O-])c3)=NN2C(C)=O)ccc1OCc1nccc(OCC(F)(F)F)c1C. The van der Waals surface area contributed by atoms with Gasteiger partial charge in [-0.1, -0.05) is 18.2 Å². The zero-order chi connectivity index (χ0) is 29.0. The number of pyridine rings is 1. The van der Waals surface area contributed by atoms with Crippen molar-refractivity contribution < 1.29 is 37.1 Å². The number of hydrogen-bond donors (Lipinski definition) is 0. The molecule has 0 radical (unpaired) electrons. The number of nitrogens with zero attached hydrogens (tertiary/aromatic N) is 4. The van der Waals surface area contributed by atoms with Crippen molar-refractivity contribution >= 4 is 17.3 Å². The maximum atomic E-state index is 12.6. The summed E-state index contributed by atoms with van der Waals surface area (Å²) >= 11 is 0. The van der Waals surface area contributed by atoms with Crippen molar-refractivity contribution in [3.05, 3.63) is 87.2 Å². The number of amides is 1. The second-order valence-corrected chi connectivity index (χ2v) is 8.92. The zero-order valence-corrected chi connectivity index (χ0v) is 21.8. The number of nitro benzene ring substituents is 1. The molecule has 40 heavy (non-hydrogen) atoms. The van der Waals surface area contributed by atoms with E-state index in [1.165, 1.54) is 43.4 Å². The predicted octanol–water partition coefficient (Wildman–Crippen LogP) is 5.52. The normalized spacial score (nSPS) is 15.0. The fourth-order valence-electron chi connectivity index (χ4n) is 4.21. The van der Waals surface area contributed by atoms with E-state index in [4.69, 9.17) is 14.2 Å². The van der Waals surface area contributed by atoms with Crippen LogP contribution in [0.4, 0.5) is 18.9 Å². The van der Waals surface area contributed by atoms with Crippen LogP contribution in [-0.2, 0) is 11.4 Å². The first-order chi connectivity index (χ1) is 19.0. The molecule has 1 amide bonds. The Labute approximate surface area is 227 Å². The highest BCUT2D eigenvalue weighted by atomic mass is 19.4. The number of benzene rings is 2. The first kappa shape index (κ1) is 28.3. The Morgan fingerprint density at radius 1 is 1.12 bits per heavy atom. The molecule has 0 saturated carbocycles. The number of ether oxygens (including phenoxy) is 3. The largest absolute Gasteiger partial charge is 0.493 e. The van der Waals surface area contributed by atoms with Crippen molar-refractivity contribution in [3.8, 4) is 17.2 Å². The van der Waals surface area contributed by atoms with E-state index in [1.807, 2.05) is 0 Å². The van der Waals surface area contributed by atoms with E-state index in [0.717, 1.165) is 0 Å². The molecule has 13 heteroatoms. The molecule has 4 rings (SSSR count). The Morgan fingerprint density at radius 3 is 2.58 bits per heavy atom. The lowest BCUT2D eigenvalue weighted by Gasteiger charge is -2.22. The molecule has 2 aromatic carbocycles. The van der Waals surface area contributed by atoms with E-state index >= 15 is 0 Å². The van der Waals surface area contributed by atoms with Gasteiger partial charge >= 0.3 is 6.18 Å². The molecule has 0 fully saturated rings. The maximum Gasteiger partial charge on any atom is 0.422 e. The van der Waals surface area contributed by atoms with E-state index in [9.17, 15) is 28.1 Å². The highest BCUT2D eigenvalue weighted by Crippen LogP contribution is 2.38. The van der Waals surface area contributed by atoms with Crippen LogP contribution in [0.15, 0.2) is 59.8 Å². The maximum absolute atomic E-state index is 12.6. The summed E-state index contributed by atoms with van der Waals surface area (Å²) in [5.41, 5.74) is 2.48. The minimum absolute atomic E-state index is 0.0540. The first-order valence-electron chi connectivity index (χ1n) is 12.0. The molecule has 0 N–H and O–H groups in total. The molecule has 2 heterocycles. The first-order valence-corrected chi connectivity index (χ1v) is 12.0. The van der Waals surface area contributed by atoms with Crippen molar-refractivity contribution in [2.75, 3.05) is 13.7 Å². The molecule has 3 aromatic rings. The third-order valence-corrected chi connectivity index (χ3v) is 6.21. The van der Waals surface area contributed by atoms with Crippen LogP contribution in [0.25, 0.3) is 0 Å². The number of halogens is 3. The van der Waals surface area contributed by atoms with E-state index in [1.54, 1.807) is 37.3 Å². The summed E-state index contributed by atoms with van der Waals surface area (Å²) in [4.78, 5) is 27.3.